The van der Waals surface area contributed by atoms with Crippen LogP contribution in [0, 0.1) is 13.8 Å². The third-order valence-electron chi connectivity index (χ3n) is 6.44. The summed E-state index contributed by atoms with van der Waals surface area (Å²) in [5, 5.41) is 4.20. The smallest absolute Gasteiger partial charge is 0.174 e. The van der Waals surface area contributed by atoms with Gasteiger partial charge in [0.15, 0.2) is 5.11 Å². The van der Waals surface area contributed by atoms with Crippen LogP contribution in [0.5, 0.6) is 5.75 Å². The molecule has 5 rings (SSSR count). The fourth-order valence-electron chi connectivity index (χ4n) is 4.80. The highest BCUT2D eigenvalue weighted by molar-refractivity contribution is 7.80. The Morgan fingerprint density at radius 2 is 1.85 bits per heavy atom. The summed E-state index contributed by atoms with van der Waals surface area (Å²) < 4.78 is 8.05. The van der Waals surface area contributed by atoms with Gasteiger partial charge >= 0.3 is 0 Å². The van der Waals surface area contributed by atoms with E-state index in [1.54, 1.807) is 13.3 Å². The quantitative estimate of drug-likeness (QED) is 0.395. The van der Waals surface area contributed by atoms with Crippen molar-refractivity contribution in [3.63, 3.8) is 0 Å². The van der Waals surface area contributed by atoms with Gasteiger partial charge in [0.1, 0.15) is 5.75 Å². The molecule has 0 amide bonds. The Balaban J connectivity index is 1.64. The van der Waals surface area contributed by atoms with Crippen molar-refractivity contribution in [2.24, 2.45) is 0 Å². The van der Waals surface area contributed by atoms with E-state index in [9.17, 15) is 0 Å². The Hall–Kier alpha value is -3.71. The predicted octanol–water partition coefficient (Wildman–Crippen LogP) is 5.13. The summed E-state index contributed by atoms with van der Waals surface area (Å²) in [5.74, 6) is 0.780. The normalized spacial score (nSPS) is 17.6. The Morgan fingerprint density at radius 3 is 2.59 bits per heavy atom. The second-order valence-corrected chi connectivity index (χ2v) is 8.83. The predicted molar refractivity (Wildman–Crippen MR) is 138 cm³/mol. The molecule has 0 radical (unpaired) electrons. The van der Waals surface area contributed by atoms with E-state index < -0.39 is 0 Å². The molecule has 0 bridgehead atoms. The molecule has 34 heavy (non-hydrogen) atoms. The van der Waals surface area contributed by atoms with Crippen LogP contribution in [-0.4, -0.2) is 26.8 Å². The highest BCUT2D eigenvalue weighted by Crippen LogP contribution is 2.45. The molecule has 3 aromatic heterocycles. The molecule has 4 heterocycles. The minimum atomic E-state index is -0.106. The van der Waals surface area contributed by atoms with Gasteiger partial charge in [0.25, 0.3) is 0 Å². The first-order valence-corrected chi connectivity index (χ1v) is 11.7. The number of aryl methyl sites for hydroxylation is 1. The number of ether oxygens (including phenoxy) is 1. The molecule has 6 nitrogen and oxygen atoms in total. The van der Waals surface area contributed by atoms with Crippen molar-refractivity contribution in [1.82, 2.24) is 19.9 Å². The monoisotopic (exact) mass is 469 g/mol. The van der Waals surface area contributed by atoms with Gasteiger partial charge in [0, 0.05) is 36.5 Å². The first-order chi connectivity index (χ1) is 16.6. The number of aromatic nitrogens is 3. The van der Waals surface area contributed by atoms with E-state index >= 15 is 0 Å². The highest BCUT2D eigenvalue weighted by atomic mass is 32.1. The van der Waals surface area contributed by atoms with Crippen molar-refractivity contribution in [1.29, 1.82) is 0 Å². The van der Waals surface area contributed by atoms with Gasteiger partial charge in [-0.15, -0.1) is 0 Å². The molecule has 0 saturated carbocycles. The summed E-state index contributed by atoms with van der Waals surface area (Å²) in [6.07, 6.45) is 5.55. The zero-order valence-electron chi connectivity index (χ0n) is 19.5. The third kappa shape index (κ3) is 3.92. The molecule has 7 heteroatoms. The molecule has 1 N–H and O–H groups in total. The number of thiocarbonyl (C=S) groups is 1. The Morgan fingerprint density at radius 1 is 1.03 bits per heavy atom. The molecule has 1 aliphatic heterocycles. The fraction of sp³-hybridized carbons (Fsp3) is 0.222. The minimum absolute atomic E-state index is 0.0902. The third-order valence-corrected chi connectivity index (χ3v) is 6.75. The molecular weight excluding hydrogens is 442 g/mol. The Bertz CT molecular complexity index is 1310. The second kappa shape index (κ2) is 9.27. The van der Waals surface area contributed by atoms with E-state index in [2.05, 4.69) is 56.8 Å². The topological polar surface area (TPSA) is 55.2 Å². The molecule has 1 saturated heterocycles. The van der Waals surface area contributed by atoms with Crippen LogP contribution in [0.4, 0.5) is 5.69 Å². The van der Waals surface area contributed by atoms with Gasteiger partial charge in [0.05, 0.1) is 30.6 Å². The van der Waals surface area contributed by atoms with Crippen molar-refractivity contribution in [3.8, 4) is 5.75 Å². The fourth-order valence-corrected chi connectivity index (χ4v) is 5.14. The van der Waals surface area contributed by atoms with E-state index in [4.69, 9.17) is 17.0 Å². The molecule has 0 unspecified atom stereocenters. The van der Waals surface area contributed by atoms with E-state index in [0.717, 1.165) is 23.7 Å². The Labute approximate surface area is 205 Å². The SMILES string of the molecule is COc1ccccc1N1C(=S)N[C@@H](c2ccccn2)[C@@H]1c1cc(C)n(Cc2cccnc2)c1C. The lowest BCUT2D eigenvalue weighted by Crippen LogP contribution is -2.30. The average Bonchev–Trinajstić information content (AvgIpc) is 3.36. The number of hydrogen-bond donors (Lipinski definition) is 1. The van der Waals surface area contributed by atoms with Gasteiger partial charge in [-0.25, -0.2) is 0 Å². The number of methoxy groups -OCH3 is 1. The number of rotatable bonds is 6. The number of hydrogen-bond acceptors (Lipinski definition) is 4. The maximum Gasteiger partial charge on any atom is 0.174 e. The maximum atomic E-state index is 5.89. The van der Waals surface area contributed by atoms with Gasteiger partial charge in [-0.1, -0.05) is 24.3 Å². The summed E-state index contributed by atoms with van der Waals surface area (Å²) in [6, 6.07) is 20.2. The van der Waals surface area contributed by atoms with E-state index in [1.807, 2.05) is 54.9 Å². The standard InChI is InChI=1S/C27H27N5OS/c1-18-15-21(19(2)31(18)17-20-9-8-13-28-16-20)26-25(22-10-6-7-14-29-22)30-27(34)32(26)23-11-4-5-12-24(23)33-3/h4-16,25-26H,17H2,1-3H3,(H,30,34)/t25-,26-/m0/s1. The van der Waals surface area contributed by atoms with Crippen LogP contribution in [-0.2, 0) is 6.54 Å². The lowest BCUT2D eigenvalue weighted by molar-refractivity contribution is 0.414. The zero-order chi connectivity index (χ0) is 23.7. The summed E-state index contributed by atoms with van der Waals surface area (Å²) in [7, 11) is 1.69. The molecule has 4 aromatic rings. The largest absolute Gasteiger partial charge is 0.495 e. The lowest BCUT2D eigenvalue weighted by Gasteiger charge is -2.29. The Kier molecular flexibility index (Phi) is 6.02. The van der Waals surface area contributed by atoms with Gasteiger partial charge in [-0.05, 0) is 73.6 Å². The lowest BCUT2D eigenvalue weighted by atomic mass is 9.96. The molecule has 0 spiro atoms. The van der Waals surface area contributed by atoms with Crippen molar-refractivity contribution < 1.29 is 4.74 Å². The number of anilines is 1. The highest BCUT2D eigenvalue weighted by Gasteiger charge is 2.43. The number of nitrogens with one attached hydrogen (secondary N) is 1. The molecule has 1 aliphatic rings. The van der Waals surface area contributed by atoms with Gasteiger partial charge in [-0.3, -0.25) is 9.97 Å². The van der Waals surface area contributed by atoms with Crippen LogP contribution < -0.4 is 15.0 Å². The van der Waals surface area contributed by atoms with Gasteiger partial charge in [0.2, 0.25) is 0 Å². The molecule has 0 aliphatic carbocycles. The zero-order valence-corrected chi connectivity index (χ0v) is 20.3. The summed E-state index contributed by atoms with van der Waals surface area (Å²) >= 11 is 5.89. The minimum Gasteiger partial charge on any atom is -0.495 e. The van der Waals surface area contributed by atoms with E-state index in [1.165, 1.54) is 22.5 Å². The van der Waals surface area contributed by atoms with E-state index in [0.29, 0.717) is 5.11 Å². The van der Waals surface area contributed by atoms with Crippen molar-refractivity contribution in [2.45, 2.75) is 32.5 Å². The molecule has 1 fully saturated rings. The number of pyridine rings is 2. The van der Waals surface area contributed by atoms with Crippen LogP contribution in [0.3, 0.4) is 0 Å². The van der Waals surface area contributed by atoms with Crippen LogP contribution in [0.1, 0.15) is 40.3 Å². The van der Waals surface area contributed by atoms with Crippen molar-refractivity contribution in [2.75, 3.05) is 12.0 Å². The van der Waals surface area contributed by atoms with Crippen molar-refractivity contribution in [3.05, 3.63) is 107 Å². The van der Waals surface area contributed by atoms with Crippen LogP contribution in [0.15, 0.2) is 79.3 Å². The average molecular weight is 470 g/mol. The van der Waals surface area contributed by atoms with Gasteiger partial charge in [-0.2, -0.15) is 0 Å². The van der Waals surface area contributed by atoms with Gasteiger partial charge < -0.3 is 19.5 Å². The van der Waals surface area contributed by atoms with Crippen molar-refractivity contribution >= 4 is 23.0 Å². The van der Waals surface area contributed by atoms with Crippen LogP contribution in [0.2, 0.25) is 0 Å². The first-order valence-electron chi connectivity index (χ1n) is 11.3. The summed E-state index contributed by atoms with van der Waals surface area (Å²) in [6.45, 7) is 5.09. The molecule has 1 aromatic carbocycles. The molecule has 2 atom stereocenters. The van der Waals surface area contributed by atoms with E-state index in [-0.39, 0.29) is 12.1 Å². The van der Waals surface area contributed by atoms with Crippen LogP contribution in [0.25, 0.3) is 0 Å². The molecule has 172 valence electrons. The number of benzene rings is 1. The molecular formula is C27H27N5OS. The summed E-state index contributed by atoms with van der Waals surface area (Å²) in [4.78, 5) is 11.1. The number of nitrogens with zero attached hydrogens (tertiary/aromatic N) is 4. The maximum absolute atomic E-state index is 5.89. The number of para-hydroxylation sites is 2. The second-order valence-electron chi connectivity index (χ2n) is 8.44. The summed E-state index contributed by atoms with van der Waals surface area (Å²) in [5.41, 5.74) is 6.63. The first kappa shape index (κ1) is 22.1. The van der Waals surface area contributed by atoms with Crippen LogP contribution >= 0.6 is 12.2 Å².